The highest BCUT2D eigenvalue weighted by Gasteiger charge is 2.23. The Morgan fingerprint density at radius 2 is 1.09 bits per heavy atom. The zero-order chi connectivity index (χ0) is 42.1. The van der Waals surface area contributed by atoms with E-state index < -0.39 is 26.6 Å². The summed E-state index contributed by atoms with van der Waals surface area (Å²) in [5, 5.41) is 13.7. The summed E-state index contributed by atoms with van der Waals surface area (Å²) in [5.74, 6) is -0.220. The molecule has 0 aromatic heterocycles. The average molecular weight is 821 g/mol. The van der Waals surface area contributed by atoms with E-state index in [0.29, 0.717) is 17.4 Å². The average Bonchev–Trinajstić information content (AvgIpc) is 3.16. The van der Waals surface area contributed by atoms with E-state index in [9.17, 15) is 19.4 Å². The van der Waals surface area contributed by atoms with Gasteiger partial charge in [-0.15, -0.1) is 0 Å². The van der Waals surface area contributed by atoms with Crippen LogP contribution in [0, 0.1) is 0 Å². The second-order valence-corrected chi connectivity index (χ2v) is 18.1. The number of nitrogens with one attached hydrogen (secondary N) is 1. The van der Waals surface area contributed by atoms with Crippen LogP contribution < -0.4 is 10.2 Å². The highest BCUT2D eigenvalue weighted by atomic mass is 31.2. The highest BCUT2D eigenvalue weighted by Crippen LogP contribution is 2.38. The summed E-state index contributed by atoms with van der Waals surface area (Å²) in [6.45, 7) is 4.47. The van der Waals surface area contributed by atoms with Crippen molar-refractivity contribution in [2.75, 3.05) is 40.9 Å². The number of carbonyl (C=O) groups is 1. The molecule has 1 amide bonds. The quantitative estimate of drug-likeness (QED) is 0.0275. The van der Waals surface area contributed by atoms with Gasteiger partial charge in [0.05, 0.1) is 39.9 Å². The molecule has 0 aromatic rings. The zero-order valence-electron chi connectivity index (χ0n) is 37.5. The Balaban J connectivity index is 4.24. The Labute approximate surface area is 351 Å². The first-order chi connectivity index (χ1) is 27.5. The molecule has 9 heteroatoms. The van der Waals surface area contributed by atoms with E-state index in [2.05, 4.69) is 67.8 Å². The number of allylic oxidation sites excluding steroid dienone is 9. The van der Waals surface area contributed by atoms with Crippen molar-refractivity contribution in [3.8, 4) is 0 Å². The normalized spacial score (nSPS) is 14.9. The van der Waals surface area contributed by atoms with Gasteiger partial charge < -0.3 is 28.8 Å². The van der Waals surface area contributed by atoms with Crippen LogP contribution in [0.3, 0.4) is 0 Å². The fourth-order valence-corrected chi connectivity index (χ4v) is 7.00. The molecule has 0 aliphatic heterocycles. The predicted molar refractivity (Wildman–Crippen MR) is 242 cm³/mol. The van der Waals surface area contributed by atoms with Crippen LogP contribution in [0.1, 0.15) is 187 Å². The molecule has 0 radical (unpaired) electrons. The lowest BCUT2D eigenvalue weighted by atomic mass is 10.1. The SMILES string of the molecule is CC/C=C/CC/C=C/CC/C=C/C(O)C(COP(=O)([O-])OCC[N+](C)(C)C)NC(=O)CCCCCCCCCCC/C=C\C/C=C\CCCCCCCCCCC. The van der Waals surface area contributed by atoms with Gasteiger partial charge in [0.25, 0.3) is 7.82 Å². The number of hydrogen-bond acceptors (Lipinski definition) is 6. The molecule has 0 saturated heterocycles. The number of likely N-dealkylation sites (N-methyl/N-ethyl adjacent to an activating group) is 1. The summed E-state index contributed by atoms with van der Waals surface area (Å²) in [4.78, 5) is 25.2. The minimum Gasteiger partial charge on any atom is -0.756 e. The molecule has 0 spiro atoms. The lowest BCUT2D eigenvalue weighted by Crippen LogP contribution is -2.45. The van der Waals surface area contributed by atoms with Crippen molar-refractivity contribution in [2.45, 2.75) is 199 Å². The summed E-state index contributed by atoms with van der Waals surface area (Å²) < 4.78 is 23.1. The number of quaternary nitrogens is 1. The number of hydrogen-bond donors (Lipinski definition) is 2. The minimum absolute atomic E-state index is 0.0124. The third-order valence-corrected chi connectivity index (χ3v) is 10.9. The summed E-state index contributed by atoms with van der Waals surface area (Å²) in [6.07, 6.45) is 51.5. The maximum absolute atomic E-state index is 12.8. The van der Waals surface area contributed by atoms with Gasteiger partial charge in [-0.2, -0.15) is 0 Å². The minimum atomic E-state index is -4.60. The number of carbonyl (C=O) groups excluding carboxylic acids is 1. The molecule has 332 valence electrons. The maximum Gasteiger partial charge on any atom is 0.268 e. The number of phosphoric acid groups is 1. The summed E-state index contributed by atoms with van der Waals surface area (Å²) in [6, 6.07) is -0.912. The van der Waals surface area contributed by atoms with Crippen molar-refractivity contribution in [1.82, 2.24) is 5.32 Å². The van der Waals surface area contributed by atoms with Gasteiger partial charge in [-0.1, -0.05) is 171 Å². The Hall–Kier alpha value is -1.80. The number of nitrogens with zero attached hydrogens (tertiary/aromatic N) is 1. The van der Waals surface area contributed by atoms with E-state index in [4.69, 9.17) is 9.05 Å². The van der Waals surface area contributed by atoms with Crippen molar-refractivity contribution in [1.29, 1.82) is 0 Å². The van der Waals surface area contributed by atoms with Gasteiger partial charge in [0.15, 0.2) is 0 Å². The molecular weight excluding hydrogens is 732 g/mol. The van der Waals surface area contributed by atoms with E-state index in [0.717, 1.165) is 57.8 Å². The number of aliphatic hydroxyl groups excluding tert-OH is 1. The molecule has 3 unspecified atom stereocenters. The molecule has 0 aromatic carbocycles. The predicted octanol–water partition coefficient (Wildman–Crippen LogP) is 12.4. The van der Waals surface area contributed by atoms with Gasteiger partial charge >= 0.3 is 0 Å². The lowest BCUT2D eigenvalue weighted by Gasteiger charge is -2.29. The molecule has 0 aliphatic carbocycles. The molecule has 2 N–H and O–H groups in total. The van der Waals surface area contributed by atoms with E-state index in [1.54, 1.807) is 6.08 Å². The third-order valence-electron chi connectivity index (χ3n) is 9.94. The van der Waals surface area contributed by atoms with Crippen molar-refractivity contribution in [3.05, 3.63) is 60.8 Å². The molecule has 8 nitrogen and oxygen atoms in total. The number of aliphatic hydroxyl groups is 1. The van der Waals surface area contributed by atoms with Gasteiger partial charge in [-0.05, 0) is 70.6 Å². The van der Waals surface area contributed by atoms with Crippen molar-refractivity contribution in [2.24, 2.45) is 0 Å². The molecule has 0 heterocycles. The number of unbranched alkanes of at least 4 members (excludes halogenated alkanes) is 20. The Morgan fingerprint density at radius 3 is 1.60 bits per heavy atom. The van der Waals surface area contributed by atoms with E-state index >= 15 is 0 Å². The van der Waals surface area contributed by atoms with E-state index in [-0.39, 0.29) is 12.5 Å². The summed E-state index contributed by atoms with van der Waals surface area (Å²) in [5.41, 5.74) is 0. The molecule has 57 heavy (non-hydrogen) atoms. The van der Waals surface area contributed by atoms with Gasteiger partial charge in [0, 0.05) is 6.42 Å². The summed E-state index contributed by atoms with van der Waals surface area (Å²) >= 11 is 0. The summed E-state index contributed by atoms with van der Waals surface area (Å²) in [7, 11) is 1.22. The van der Waals surface area contributed by atoms with Crippen LogP contribution >= 0.6 is 7.82 Å². The third kappa shape index (κ3) is 42.1. The molecular formula is C48H89N2O6P. The molecule has 0 aliphatic rings. The number of phosphoric ester groups is 1. The largest absolute Gasteiger partial charge is 0.756 e. The number of amides is 1. The second kappa shape index (κ2) is 39.6. The van der Waals surface area contributed by atoms with Gasteiger partial charge in [0.1, 0.15) is 13.2 Å². The Morgan fingerprint density at radius 1 is 0.632 bits per heavy atom. The second-order valence-electron chi connectivity index (χ2n) is 16.7. The monoisotopic (exact) mass is 821 g/mol. The molecule has 0 fully saturated rings. The fourth-order valence-electron chi connectivity index (χ4n) is 6.28. The topological polar surface area (TPSA) is 108 Å². The van der Waals surface area contributed by atoms with Crippen LogP contribution in [-0.4, -0.2) is 68.5 Å². The maximum atomic E-state index is 12.8. The van der Waals surface area contributed by atoms with Crippen molar-refractivity contribution >= 4 is 13.7 Å². The number of rotatable bonds is 41. The van der Waals surface area contributed by atoms with Crippen LogP contribution in [0.4, 0.5) is 0 Å². The van der Waals surface area contributed by atoms with Crippen LogP contribution in [0.25, 0.3) is 0 Å². The standard InChI is InChI=1S/C48H89N2O6P/c1-6-8-10-12-14-16-18-19-20-21-22-23-24-25-26-27-28-29-30-31-32-34-36-38-40-42-48(52)49-46(45-56-57(53,54)55-44-43-50(3,4)5)47(51)41-39-37-35-33-17-15-13-11-9-7-2/h9,11,17,22-23,25-26,33,39,41,46-47,51H,6-8,10,12-16,18-21,24,27-32,34-38,40,42-45H2,1-5H3,(H-,49,52,53,54)/b11-9+,23-22-,26-25-,33-17+,41-39+. The smallest absolute Gasteiger partial charge is 0.268 e. The van der Waals surface area contributed by atoms with Crippen molar-refractivity contribution < 1.29 is 32.9 Å². The van der Waals surface area contributed by atoms with Crippen LogP contribution in [0.2, 0.25) is 0 Å². The molecule has 3 atom stereocenters. The van der Waals surface area contributed by atoms with Crippen LogP contribution in [-0.2, 0) is 18.4 Å². The first kappa shape index (κ1) is 55.2. The van der Waals surface area contributed by atoms with Gasteiger partial charge in [-0.3, -0.25) is 9.36 Å². The highest BCUT2D eigenvalue weighted by molar-refractivity contribution is 7.45. The van der Waals surface area contributed by atoms with Gasteiger partial charge in [-0.25, -0.2) is 0 Å². The van der Waals surface area contributed by atoms with Crippen LogP contribution in [0.5, 0.6) is 0 Å². The Bertz CT molecular complexity index is 1110. The van der Waals surface area contributed by atoms with Gasteiger partial charge in [0.2, 0.25) is 5.91 Å². The first-order valence-corrected chi connectivity index (χ1v) is 24.6. The molecule has 0 rings (SSSR count). The fraction of sp³-hybridized carbons (Fsp3) is 0.771. The Kier molecular flexibility index (Phi) is 38.4. The lowest BCUT2D eigenvalue weighted by molar-refractivity contribution is -0.870. The van der Waals surface area contributed by atoms with E-state index in [1.807, 2.05) is 27.2 Å². The van der Waals surface area contributed by atoms with E-state index in [1.165, 1.54) is 109 Å². The molecule has 0 saturated carbocycles. The zero-order valence-corrected chi connectivity index (χ0v) is 38.4. The van der Waals surface area contributed by atoms with Crippen LogP contribution in [0.15, 0.2) is 60.8 Å². The first-order valence-electron chi connectivity index (χ1n) is 23.2. The van der Waals surface area contributed by atoms with Crippen molar-refractivity contribution in [3.63, 3.8) is 0 Å². The molecule has 0 bridgehead atoms.